The normalized spacial score (nSPS) is 12.3. The molecule has 0 radical (unpaired) electrons. The summed E-state index contributed by atoms with van der Waals surface area (Å²) in [5, 5.41) is 13.3. The number of pyridine rings is 1. The summed E-state index contributed by atoms with van der Waals surface area (Å²) in [4.78, 5) is 15.7. The lowest BCUT2D eigenvalue weighted by atomic mass is 10.1. The average molecular weight is 274 g/mol. The molecular weight excluding hydrogens is 256 g/mol. The lowest BCUT2D eigenvalue weighted by Crippen LogP contribution is -2.30. The zero-order valence-corrected chi connectivity index (χ0v) is 11.6. The van der Waals surface area contributed by atoms with Crippen LogP contribution in [0.15, 0.2) is 30.3 Å². The van der Waals surface area contributed by atoms with Crippen molar-refractivity contribution in [1.29, 1.82) is 0 Å². The van der Waals surface area contributed by atoms with Crippen LogP contribution in [0.5, 0.6) is 0 Å². The highest BCUT2D eigenvalue weighted by Gasteiger charge is 2.18. The average Bonchev–Trinajstić information content (AvgIpc) is 2.42. The van der Waals surface area contributed by atoms with E-state index >= 15 is 0 Å². The second-order valence-electron chi connectivity index (χ2n) is 4.64. The van der Waals surface area contributed by atoms with Crippen LogP contribution in [0.2, 0.25) is 0 Å². The van der Waals surface area contributed by atoms with Crippen LogP contribution in [0.4, 0.5) is 5.69 Å². The third kappa shape index (κ3) is 3.24. The summed E-state index contributed by atoms with van der Waals surface area (Å²) >= 11 is 0. The Kier molecular flexibility index (Phi) is 4.53. The molecular formula is C15H18N2O3. The number of benzene rings is 1. The number of nitrogens with one attached hydrogen (secondary N) is 1. The molecule has 1 aromatic heterocycles. The highest BCUT2D eigenvalue weighted by Crippen LogP contribution is 2.24. The quantitative estimate of drug-likeness (QED) is 0.846. The van der Waals surface area contributed by atoms with E-state index < -0.39 is 12.0 Å². The van der Waals surface area contributed by atoms with Crippen LogP contribution in [0.3, 0.4) is 0 Å². The van der Waals surface area contributed by atoms with E-state index in [0.29, 0.717) is 13.0 Å². The van der Waals surface area contributed by atoms with Crippen LogP contribution < -0.4 is 5.32 Å². The molecule has 1 atom stereocenters. The number of aromatic nitrogens is 1. The Morgan fingerprint density at radius 3 is 2.90 bits per heavy atom. The number of fused-ring (bicyclic) bond motifs is 1. The van der Waals surface area contributed by atoms with E-state index in [1.165, 1.54) is 0 Å². The summed E-state index contributed by atoms with van der Waals surface area (Å²) in [7, 11) is 1.56. The first-order valence-electron chi connectivity index (χ1n) is 6.46. The number of nitrogens with zero attached hydrogens (tertiary/aromatic N) is 1. The summed E-state index contributed by atoms with van der Waals surface area (Å²) < 4.78 is 4.96. The van der Waals surface area contributed by atoms with Crippen molar-refractivity contribution in [2.75, 3.05) is 19.0 Å². The van der Waals surface area contributed by atoms with Gasteiger partial charge in [0.2, 0.25) is 0 Å². The molecule has 106 valence electrons. The minimum atomic E-state index is -0.888. The minimum absolute atomic E-state index is 0.395. The summed E-state index contributed by atoms with van der Waals surface area (Å²) in [5.74, 6) is -0.888. The van der Waals surface area contributed by atoms with Gasteiger partial charge in [0.1, 0.15) is 6.04 Å². The molecule has 1 heterocycles. The minimum Gasteiger partial charge on any atom is -0.480 e. The van der Waals surface area contributed by atoms with Crippen molar-refractivity contribution in [2.24, 2.45) is 0 Å². The number of rotatable bonds is 6. The van der Waals surface area contributed by atoms with Gasteiger partial charge >= 0.3 is 5.97 Å². The van der Waals surface area contributed by atoms with Gasteiger partial charge in [-0.2, -0.15) is 0 Å². The Hall–Kier alpha value is -2.14. The van der Waals surface area contributed by atoms with Crippen LogP contribution in [-0.4, -0.2) is 35.8 Å². The fourth-order valence-corrected chi connectivity index (χ4v) is 2.11. The number of ether oxygens (including phenoxy) is 1. The van der Waals surface area contributed by atoms with E-state index in [1.807, 2.05) is 37.3 Å². The summed E-state index contributed by atoms with van der Waals surface area (Å²) in [6.45, 7) is 2.29. The van der Waals surface area contributed by atoms with Crippen molar-refractivity contribution in [2.45, 2.75) is 19.4 Å². The van der Waals surface area contributed by atoms with Gasteiger partial charge in [0.15, 0.2) is 0 Å². The first-order chi connectivity index (χ1) is 9.61. The highest BCUT2D eigenvalue weighted by molar-refractivity contribution is 5.93. The van der Waals surface area contributed by atoms with Gasteiger partial charge in [-0.25, -0.2) is 4.79 Å². The number of hydrogen-bond acceptors (Lipinski definition) is 4. The van der Waals surface area contributed by atoms with Gasteiger partial charge in [-0.15, -0.1) is 0 Å². The molecule has 20 heavy (non-hydrogen) atoms. The lowest BCUT2D eigenvalue weighted by Gasteiger charge is -2.17. The van der Waals surface area contributed by atoms with Gasteiger partial charge in [0.05, 0.1) is 5.52 Å². The molecule has 0 fully saturated rings. The SMILES string of the molecule is COCCC(Nc1cc(C)nc2ccccc12)C(=O)O. The lowest BCUT2D eigenvalue weighted by molar-refractivity contribution is -0.138. The van der Waals surface area contributed by atoms with Crippen LogP contribution in [0, 0.1) is 6.92 Å². The van der Waals surface area contributed by atoms with Gasteiger partial charge in [0, 0.05) is 36.9 Å². The number of carboxylic acid groups (broad SMARTS) is 1. The number of aryl methyl sites for hydroxylation is 1. The third-order valence-corrected chi connectivity index (χ3v) is 3.08. The number of aliphatic carboxylic acids is 1. The van der Waals surface area contributed by atoms with Gasteiger partial charge in [-0.1, -0.05) is 18.2 Å². The number of carbonyl (C=O) groups is 1. The Morgan fingerprint density at radius 1 is 1.45 bits per heavy atom. The first kappa shape index (κ1) is 14.3. The summed E-state index contributed by atoms with van der Waals surface area (Å²) in [5.41, 5.74) is 2.49. The topological polar surface area (TPSA) is 71.5 Å². The molecule has 0 aliphatic heterocycles. The molecule has 0 saturated heterocycles. The number of methoxy groups -OCH3 is 1. The molecule has 0 aliphatic carbocycles. The van der Waals surface area contributed by atoms with E-state index in [9.17, 15) is 9.90 Å². The number of hydrogen-bond donors (Lipinski definition) is 2. The van der Waals surface area contributed by atoms with E-state index in [4.69, 9.17) is 4.74 Å². The van der Waals surface area contributed by atoms with E-state index in [2.05, 4.69) is 10.3 Å². The maximum atomic E-state index is 11.3. The fraction of sp³-hybridized carbons (Fsp3) is 0.333. The number of anilines is 1. The van der Waals surface area contributed by atoms with Crippen LogP contribution in [0.25, 0.3) is 10.9 Å². The molecule has 2 aromatic rings. The van der Waals surface area contributed by atoms with Crippen molar-refractivity contribution in [3.8, 4) is 0 Å². The Labute approximate surface area is 117 Å². The largest absolute Gasteiger partial charge is 0.480 e. The summed E-state index contributed by atoms with van der Waals surface area (Å²) in [6, 6.07) is 8.86. The molecule has 0 spiro atoms. The van der Waals surface area contributed by atoms with Crippen LogP contribution >= 0.6 is 0 Å². The molecule has 1 aromatic carbocycles. The maximum absolute atomic E-state index is 11.3. The van der Waals surface area contributed by atoms with Gasteiger partial charge in [-0.05, 0) is 19.1 Å². The number of para-hydroxylation sites is 1. The third-order valence-electron chi connectivity index (χ3n) is 3.08. The number of carboxylic acids is 1. The molecule has 0 aliphatic rings. The predicted molar refractivity (Wildman–Crippen MR) is 78.0 cm³/mol. The second-order valence-corrected chi connectivity index (χ2v) is 4.64. The molecule has 0 bridgehead atoms. The Balaban J connectivity index is 2.33. The molecule has 1 unspecified atom stereocenters. The molecule has 0 saturated carbocycles. The predicted octanol–water partition coefficient (Wildman–Crippen LogP) is 2.44. The maximum Gasteiger partial charge on any atom is 0.326 e. The molecule has 2 N–H and O–H groups in total. The van der Waals surface area contributed by atoms with Gasteiger partial charge in [-0.3, -0.25) is 4.98 Å². The van der Waals surface area contributed by atoms with Gasteiger partial charge < -0.3 is 15.2 Å². The zero-order chi connectivity index (χ0) is 14.5. The van der Waals surface area contributed by atoms with Crippen molar-refractivity contribution in [3.05, 3.63) is 36.0 Å². The van der Waals surface area contributed by atoms with Crippen molar-refractivity contribution < 1.29 is 14.6 Å². The first-order valence-corrected chi connectivity index (χ1v) is 6.46. The van der Waals surface area contributed by atoms with Crippen LogP contribution in [-0.2, 0) is 9.53 Å². The molecule has 5 nitrogen and oxygen atoms in total. The second kappa shape index (κ2) is 6.34. The van der Waals surface area contributed by atoms with Gasteiger partial charge in [0.25, 0.3) is 0 Å². The molecule has 5 heteroatoms. The smallest absolute Gasteiger partial charge is 0.326 e. The Bertz CT molecular complexity index is 613. The molecule has 0 amide bonds. The summed E-state index contributed by atoms with van der Waals surface area (Å²) in [6.07, 6.45) is 0.404. The Morgan fingerprint density at radius 2 is 2.20 bits per heavy atom. The van der Waals surface area contributed by atoms with E-state index in [-0.39, 0.29) is 0 Å². The standard InChI is InChI=1S/C15H18N2O3/c1-10-9-14(11-5-3-4-6-12(11)16-10)17-13(15(18)19)7-8-20-2/h3-6,9,13H,7-8H2,1-2H3,(H,16,17)(H,18,19). The van der Waals surface area contributed by atoms with E-state index in [0.717, 1.165) is 22.3 Å². The van der Waals surface area contributed by atoms with Crippen molar-refractivity contribution in [3.63, 3.8) is 0 Å². The fourth-order valence-electron chi connectivity index (χ4n) is 2.11. The van der Waals surface area contributed by atoms with Crippen molar-refractivity contribution >= 4 is 22.6 Å². The zero-order valence-electron chi connectivity index (χ0n) is 11.6. The van der Waals surface area contributed by atoms with E-state index in [1.54, 1.807) is 7.11 Å². The van der Waals surface area contributed by atoms with Crippen LogP contribution in [0.1, 0.15) is 12.1 Å². The highest BCUT2D eigenvalue weighted by atomic mass is 16.5. The molecule has 2 rings (SSSR count). The van der Waals surface area contributed by atoms with Crippen molar-refractivity contribution in [1.82, 2.24) is 4.98 Å². The monoisotopic (exact) mass is 274 g/mol.